The summed E-state index contributed by atoms with van der Waals surface area (Å²) in [6.45, 7) is 28.6. The van der Waals surface area contributed by atoms with Gasteiger partial charge in [-0.2, -0.15) is 0 Å². The number of benzene rings is 1. The summed E-state index contributed by atoms with van der Waals surface area (Å²) in [5.41, 5.74) is 6.22. The topological polar surface area (TPSA) is 26.3 Å². The normalized spacial score (nSPS) is 12.9. The Morgan fingerprint density at radius 1 is 0.473 bits per heavy atom. The van der Waals surface area contributed by atoms with E-state index >= 15 is 0 Å². The minimum absolute atomic E-state index is 0.0612. The average Bonchev–Trinajstić information content (AvgIpc) is 4.24. The first-order valence-corrected chi connectivity index (χ1v) is 34.5. The number of hydrogen-bond donors (Lipinski definition) is 0. The molecule has 0 saturated heterocycles. The summed E-state index contributed by atoms with van der Waals surface area (Å²) in [6, 6.07) is 12.5. The predicted octanol–water partition coefficient (Wildman–Crippen LogP) is 24.5. The van der Waals surface area contributed by atoms with Crippen molar-refractivity contribution in [3.8, 4) is 29.3 Å². The van der Waals surface area contributed by atoms with Crippen LogP contribution in [0.25, 0.3) is 59.5 Å². The fraction of sp³-hybridized carbons (Fsp3) is 0.621. The molecule has 0 amide bonds. The van der Waals surface area contributed by atoms with Crippen LogP contribution in [-0.4, -0.2) is 12.6 Å². The van der Waals surface area contributed by atoms with Gasteiger partial charge < -0.3 is 4.74 Å². The molecule has 406 valence electrons. The van der Waals surface area contributed by atoms with Gasteiger partial charge in [-0.1, -0.05) is 192 Å². The Morgan fingerprint density at radius 2 is 1.00 bits per heavy atom. The summed E-state index contributed by atoms with van der Waals surface area (Å²) in [5.74, 6) is 0.252. The van der Waals surface area contributed by atoms with Gasteiger partial charge in [-0.25, -0.2) is 4.79 Å². The molecule has 0 aliphatic heterocycles. The van der Waals surface area contributed by atoms with Crippen molar-refractivity contribution in [3.05, 3.63) is 67.2 Å². The van der Waals surface area contributed by atoms with Crippen LogP contribution in [0.1, 0.15) is 259 Å². The zero-order valence-electron chi connectivity index (χ0n) is 48.1. The van der Waals surface area contributed by atoms with Gasteiger partial charge in [0.25, 0.3) is 0 Å². The third-order valence-corrected chi connectivity index (χ3v) is 24.1. The van der Waals surface area contributed by atoms with E-state index < -0.39 is 0 Å². The molecule has 7 aromatic rings. The molecule has 6 heterocycles. The summed E-state index contributed by atoms with van der Waals surface area (Å²) >= 11 is 11.8. The van der Waals surface area contributed by atoms with E-state index in [1.807, 2.05) is 34.0 Å². The van der Waals surface area contributed by atoms with Crippen molar-refractivity contribution < 1.29 is 9.53 Å². The summed E-state index contributed by atoms with van der Waals surface area (Å²) in [4.78, 5) is 26.1. The Hall–Kier alpha value is -2.33. The van der Waals surface area contributed by atoms with Crippen molar-refractivity contribution in [2.24, 2.45) is 5.92 Å². The van der Waals surface area contributed by atoms with Gasteiger partial charge in [0.1, 0.15) is 4.88 Å². The SMILES string of the molecule is CCCCCCCCc1cc(C(C)(C)C)sc1-c1sc(-c2sc(-c3cc4c(CCCCCCCC)c5sc(C(C)(C)C)cc5c(CCCCCCCC)c4s3)cc2C)c2sc(C(=O)OCC(CC)CCCC)cc12. The van der Waals surface area contributed by atoms with Gasteiger partial charge in [-0.15, -0.1) is 68.0 Å². The Bertz CT molecular complexity index is 2780. The van der Waals surface area contributed by atoms with E-state index in [0.29, 0.717) is 12.5 Å². The minimum Gasteiger partial charge on any atom is -0.461 e. The summed E-state index contributed by atoms with van der Waals surface area (Å²) < 4.78 is 10.5. The highest BCUT2D eigenvalue weighted by molar-refractivity contribution is 7.34. The lowest BCUT2D eigenvalue weighted by Crippen LogP contribution is -2.13. The van der Waals surface area contributed by atoms with Crippen molar-refractivity contribution in [1.82, 2.24) is 0 Å². The summed E-state index contributed by atoms with van der Waals surface area (Å²) in [5, 5.41) is 4.30. The number of fused-ring (bicyclic) bond motifs is 3. The number of aryl methyl sites for hydroxylation is 4. The van der Waals surface area contributed by atoms with E-state index in [2.05, 4.69) is 136 Å². The fourth-order valence-corrected chi connectivity index (χ4v) is 18.7. The number of carbonyl (C=O) groups is 1. The van der Waals surface area contributed by atoms with E-state index in [4.69, 9.17) is 4.74 Å². The van der Waals surface area contributed by atoms with Crippen molar-refractivity contribution in [2.75, 3.05) is 6.61 Å². The molecular weight excluding hydrogens is 1020 g/mol. The predicted molar refractivity (Wildman–Crippen MR) is 339 cm³/mol. The van der Waals surface area contributed by atoms with Crippen LogP contribution in [0, 0.1) is 12.8 Å². The number of ether oxygens (including phenoxy) is 1. The van der Waals surface area contributed by atoms with E-state index in [0.717, 1.165) is 37.0 Å². The molecule has 1 atom stereocenters. The van der Waals surface area contributed by atoms with Gasteiger partial charge in [-0.3, -0.25) is 0 Å². The molecule has 74 heavy (non-hydrogen) atoms. The monoisotopic (exact) mass is 1110 g/mol. The second-order valence-corrected chi connectivity index (χ2v) is 30.2. The van der Waals surface area contributed by atoms with Gasteiger partial charge in [0.2, 0.25) is 0 Å². The van der Waals surface area contributed by atoms with Crippen LogP contribution in [0.15, 0.2) is 30.3 Å². The fourth-order valence-electron chi connectivity index (χ4n) is 10.7. The zero-order valence-corrected chi connectivity index (χ0v) is 53.0. The van der Waals surface area contributed by atoms with Gasteiger partial charge in [0.15, 0.2) is 0 Å². The van der Waals surface area contributed by atoms with Crippen LogP contribution in [-0.2, 0) is 34.8 Å². The van der Waals surface area contributed by atoms with Crippen LogP contribution in [0.2, 0.25) is 0 Å². The number of esters is 1. The van der Waals surface area contributed by atoms with E-state index in [1.165, 1.54) is 194 Å². The van der Waals surface area contributed by atoms with Gasteiger partial charge in [0, 0.05) is 44.0 Å². The van der Waals surface area contributed by atoms with Crippen LogP contribution >= 0.6 is 68.0 Å². The Morgan fingerprint density at radius 3 is 1.58 bits per heavy atom. The second-order valence-electron chi connectivity index (χ2n) is 23.9. The number of carbonyl (C=O) groups excluding carboxylic acids is 1. The molecule has 0 N–H and O–H groups in total. The van der Waals surface area contributed by atoms with Crippen molar-refractivity contribution in [1.29, 1.82) is 0 Å². The molecule has 0 radical (unpaired) electrons. The van der Waals surface area contributed by atoms with Crippen LogP contribution in [0.5, 0.6) is 0 Å². The van der Waals surface area contributed by atoms with E-state index in [9.17, 15) is 4.79 Å². The molecule has 0 bridgehead atoms. The molecule has 0 aliphatic rings. The largest absolute Gasteiger partial charge is 0.461 e. The standard InChI is InChI=1S/C66H94O2S6/c1-13-18-22-25-28-31-35-46-39-55(65(7,8)9)72-58(46)61-51-41-54(64(67)68-43-45(17-5)34-21-16-4)71-62(51)63(74-61)57-44(6)38-52(69-57)53-40-49-47(36-32-29-26-23-19-14-2)60-50(42-56(73-60)66(10,11)12)48(59(49)70-53)37-33-30-27-24-20-15-3/h38-42,45H,13-37,43H2,1-12H3. The Balaban J connectivity index is 1.34. The Kier molecular flexibility index (Phi) is 22.5. The first-order valence-electron chi connectivity index (χ1n) is 29.6. The van der Waals surface area contributed by atoms with Crippen molar-refractivity contribution in [3.63, 3.8) is 0 Å². The highest BCUT2D eigenvalue weighted by Crippen LogP contribution is 2.55. The van der Waals surface area contributed by atoms with Crippen LogP contribution < -0.4 is 0 Å². The molecule has 0 saturated carbocycles. The third kappa shape index (κ3) is 14.9. The molecule has 0 aliphatic carbocycles. The molecule has 1 unspecified atom stereocenters. The molecule has 1 aromatic carbocycles. The molecule has 7 rings (SSSR count). The number of rotatable bonds is 31. The third-order valence-electron chi connectivity index (χ3n) is 15.5. The van der Waals surface area contributed by atoms with Gasteiger partial charge in [0.05, 0.1) is 21.1 Å². The number of thiophene rings is 6. The maximum atomic E-state index is 14.1. The lowest BCUT2D eigenvalue weighted by atomic mass is 9.91. The molecule has 8 heteroatoms. The molecule has 0 spiro atoms. The summed E-state index contributed by atoms with van der Waals surface area (Å²) in [6.07, 6.45) is 31.5. The van der Waals surface area contributed by atoms with E-state index in [1.54, 1.807) is 37.2 Å². The summed E-state index contributed by atoms with van der Waals surface area (Å²) in [7, 11) is 0. The lowest BCUT2D eigenvalue weighted by molar-refractivity contribution is 0.0434. The maximum Gasteiger partial charge on any atom is 0.348 e. The van der Waals surface area contributed by atoms with E-state index in [-0.39, 0.29) is 16.8 Å². The zero-order chi connectivity index (χ0) is 53.0. The van der Waals surface area contributed by atoms with Crippen molar-refractivity contribution in [2.45, 2.75) is 254 Å². The first kappa shape index (κ1) is 59.3. The highest BCUT2D eigenvalue weighted by Gasteiger charge is 2.29. The number of hydrogen-bond acceptors (Lipinski definition) is 8. The smallest absolute Gasteiger partial charge is 0.348 e. The van der Waals surface area contributed by atoms with Crippen molar-refractivity contribution >= 4 is 104 Å². The molecular formula is C66H94O2S6. The lowest BCUT2D eigenvalue weighted by Gasteiger charge is -2.15. The minimum atomic E-state index is -0.158. The first-order chi connectivity index (χ1) is 35.6. The average molecular weight is 1110 g/mol. The quantitative estimate of drug-likeness (QED) is 0.0320. The van der Waals surface area contributed by atoms with Crippen LogP contribution in [0.3, 0.4) is 0 Å². The Labute approximate surface area is 473 Å². The highest BCUT2D eigenvalue weighted by atomic mass is 32.1. The molecule has 0 fully saturated rings. The number of unbranched alkanes of at least 4 members (excludes halogenated alkanes) is 16. The van der Waals surface area contributed by atoms with Gasteiger partial charge >= 0.3 is 5.97 Å². The van der Waals surface area contributed by atoms with Gasteiger partial charge in [-0.05, 0) is 132 Å². The molecule has 2 nitrogen and oxygen atoms in total. The second kappa shape index (κ2) is 28.0. The molecule has 6 aromatic heterocycles. The maximum absolute atomic E-state index is 14.1. The van der Waals surface area contributed by atoms with Crippen LogP contribution in [0.4, 0.5) is 0 Å².